The Morgan fingerprint density at radius 3 is 2.55 bits per heavy atom. The lowest BCUT2D eigenvalue weighted by molar-refractivity contribution is -0.121. The van der Waals surface area contributed by atoms with Gasteiger partial charge in [-0.3, -0.25) is 4.79 Å². The fourth-order valence-electron chi connectivity index (χ4n) is 4.89. The van der Waals surface area contributed by atoms with Crippen molar-refractivity contribution in [2.75, 3.05) is 13.7 Å². The van der Waals surface area contributed by atoms with Gasteiger partial charge in [-0.1, -0.05) is 39.8 Å². The van der Waals surface area contributed by atoms with Gasteiger partial charge in [-0.15, -0.1) is 0 Å². The summed E-state index contributed by atoms with van der Waals surface area (Å²) in [5.41, 5.74) is 2.72. The summed E-state index contributed by atoms with van der Waals surface area (Å²) in [5, 5.41) is 0.248. The maximum absolute atomic E-state index is 12.9. The Morgan fingerprint density at radius 1 is 1.17 bits per heavy atom. The number of hydrogen-bond donors (Lipinski definition) is 0. The molecule has 0 bridgehead atoms. The van der Waals surface area contributed by atoms with Crippen molar-refractivity contribution in [2.45, 2.75) is 77.9 Å². The Bertz CT molecular complexity index is 734. The summed E-state index contributed by atoms with van der Waals surface area (Å²) in [7, 11) is 0.0503. The van der Waals surface area contributed by atoms with E-state index in [-0.39, 0.29) is 11.0 Å². The van der Waals surface area contributed by atoms with Crippen LogP contribution in [0.5, 0.6) is 5.75 Å². The lowest BCUT2D eigenvalue weighted by Crippen LogP contribution is -2.41. The van der Waals surface area contributed by atoms with Crippen LogP contribution in [0.25, 0.3) is 0 Å². The number of Topliss-reactive ketones (excluding diaryl/α,β-unsaturated/α-hetero) is 1. The third kappa shape index (κ3) is 4.79. The zero-order chi connectivity index (χ0) is 21.4. The van der Waals surface area contributed by atoms with E-state index in [1.165, 1.54) is 11.1 Å². The fourth-order valence-corrected chi connectivity index (χ4v) is 6.03. The summed E-state index contributed by atoms with van der Waals surface area (Å²) in [5.74, 6) is 3.23. The molecular weight excluding hydrogens is 376 g/mol. The Hall–Kier alpha value is -1.13. The summed E-state index contributed by atoms with van der Waals surface area (Å²) in [6.07, 6.45) is 4.88. The zero-order valence-electron chi connectivity index (χ0n) is 19.5. The summed E-state index contributed by atoms with van der Waals surface area (Å²) in [4.78, 5) is 12.9. The number of carbonyl (C=O) groups is 1. The van der Waals surface area contributed by atoms with Crippen molar-refractivity contribution in [1.29, 1.82) is 0 Å². The van der Waals surface area contributed by atoms with Crippen molar-refractivity contribution in [1.82, 2.24) is 0 Å². The number of rotatable bonds is 7. The fraction of sp³-hybridized carbons (Fsp3) is 0.720. The summed E-state index contributed by atoms with van der Waals surface area (Å²) in [6.45, 7) is 14.6. The molecule has 2 aliphatic rings. The number of hydrogen-bond acceptors (Lipinski definition) is 3. The summed E-state index contributed by atoms with van der Waals surface area (Å²) < 4.78 is 12.0. The van der Waals surface area contributed by atoms with Gasteiger partial charge in [0, 0.05) is 18.9 Å². The van der Waals surface area contributed by atoms with E-state index in [0.717, 1.165) is 44.5 Å². The van der Waals surface area contributed by atoms with E-state index in [0.29, 0.717) is 23.5 Å². The van der Waals surface area contributed by atoms with E-state index in [9.17, 15) is 4.79 Å². The quantitative estimate of drug-likeness (QED) is 0.507. The monoisotopic (exact) mass is 416 g/mol. The average Bonchev–Trinajstić information content (AvgIpc) is 2.95. The van der Waals surface area contributed by atoms with Crippen molar-refractivity contribution < 1.29 is 14.0 Å². The van der Waals surface area contributed by atoms with Crippen LogP contribution < -0.4 is 4.74 Å². The second kappa shape index (κ2) is 8.54. The lowest BCUT2D eigenvalue weighted by atomic mass is 9.73. The van der Waals surface area contributed by atoms with Crippen LogP contribution >= 0.6 is 0 Å². The molecule has 0 spiro atoms. The molecule has 1 aromatic carbocycles. The SMILES string of the molecule is COc1cccc2c1C[C@H]1CC(=O)C(CC[C@@H](C)CO[Si](C)(C)C(C)(C)C)[C@H]1C2. The van der Waals surface area contributed by atoms with E-state index in [4.69, 9.17) is 9.16 Å². The predicted octanol–water partition coefficient (Wildman–Crippen LogP) is 6.05. The van der Waals surface area contributed by atoms with Crippen molar-refractivity contribution in [3.05, 3.63) is 29.3 Å². The van der Waals surface area contributed by atoms with Crippen LogP contribution in [0.2, 0.25) is 18.1 Å². The highest BCUT2D eigenvalue weighted by atomic mass is 28.4. The molecule has 0 N–H and O–H groups in total. The molecule has 1 unspecified atom stereocenters. The van der Waals surface area contributed by atoms with Gasteiger partial charge in [-0.05, 0) is 78.8 Å². The lowest BCUT2D eigenvalue weighted by Gasteiger charge is -2.37. The van der Waals surface area contributed by atoms with Gasteiger partial charge >= 0.3 is 0 Å². The number of carbonyl (C=O) groups excluding carboxylic acids is 1. The van der Waals surface area contributed by atoms with Gasteiger partial charge < -0.3 is 9.16 Å². The standard InChI is InChI=1S/C25H40O3Si/c1-17(16-28-29(6,7)25(2,3)4)11-12-20-21-13-18-9-8-10-24(27-5)22(18)14-19(21)15-23(20)26/h8-10,17,19-21H,11-16H2,1-7H3/t17-,19+,20?,21+/m1/s1. The number of methoxy groups -OCH3 is 1. The first-order valence-electron chi connectivity index (χ1n) is 11.3. The molecule has 0 amide bonds. The van der Waals surface area contributed by atoms with Gasteiger partial charge in [0.05, 0.1) is 7.11 Å². The van der Waals surface area contributed by atoms with E-state index in [1.807, 2.05) is 0 Å². The Kier molecular flexibility index (Phi) is 6.64. The van der Waals surface area contributed by atoms with Gasteiger partial charge in [0.15, 0.2) is 8.32 Å². The van der Waals surface area contributed by atoms with Gasteiger partial charge in [0.1, 0.15) is 11.5 Å². The topological polar surface area (TPSA) is 35.5 Å². The van der Waals surface area contributed by atoms with Crippen LogP contribution in [0.3, 0.4) is 0 Å². The van der Waals surface area contributed by atoms with Crippen LogP contribution in [-0.2, 0) is 22.1 Å². The van der Waals surface area contributed by atoms with Crippen molar-refractivity contribution in [3.63, 3.8) is 0 Å². The Labute approximate surface area is 178 Å². The van der Waals surface area contributed by atoms with E-state index >= 15 is 0 Å². The molecule has 1 aromatic rings. The number of ketones is 1. The third-order valence-electron chi connectivity index (χ3n) is 7.88. The van der Waals surface area contributed by atoms with E-state index in [1.54, 1.807) is 7.11 Å². The minimum absolute atomic E-state index is 0.231. The third-order valence-corrected chi connectivity index (χ3v) is 12.4. The molecule has 1 fully saturated rings. The van der Waals surface area contributed by atoms with Crippen molar-refractivity contribution >= 4 is 14.1 Å². The number of benzene rings is 1. The molecule has 4 heteroatoms. The van der Waals surface area contributed by atoms with Crippen LogP contribution in [0.1, 0.15) is 58.1 Å². The number of ether oxygens (including phenoxy) is 1. The Morgan fingerprint density at radius 2 is 1.90 bits per heavy atom. The van der Waals surface area contributed by atoms with Crippen molar-refractivity contribution in [3.8, 4) is 5.75 Å². The smallest absolute Gasteiger partial charge is 0.191 e. The highest BCUT2D eigenvalue weighted by Gasteiger charge is 2.45. The largest absolute Gasteiger partial charge is 0.496 e. The molecule has 0 radical (unpaired) electrons. The van der Waals surface area contributed by atoms with E-state index in [2.05, 4.69) is 59.0 Å². The number of fused-ring (bicyclic) bond motifs is 2. The zero-order valence-corrected chi connectivity index (χ0v) is 20.5. The molecule has 4 atom stereocenters. The minimum atomic E-state index is -1.70. The van der Waals surface area contributed by atoms with Gasteiger partial charge in [-0.2, -0.15) is 0 Å². The normalized spacial score (nSPS) is 25.5. The van der Waals surface area contributed by atoms with Crippen LogP contribution in [-0.4, -0.2) is 27.8 Å². The first-order chi connectivity index (χ1) is 13.5. The molecule has 2 aliphatic carbocycles. The predicted molar refractivity (Wildman–Crippen MR) is 122 cm³/mol. The van der Waals surface area contributed by atoms with E-state index < -0.39 is 8.32 Å². The molecule has 3 rings (SSSR count). The van der Waals surface area contributed by atoms with Gasteiger partial charge in [0.25, 0.3) is 0 Å². The maximum Gasteiger partial charge on any atom is 0.191 e. The molecule has 0 saturated heterocycles. The highest BCUT2D eigenvalue weighted by molar-refractivity contribution is 6.74. The van der Waals surface area contributed by atoms with Gasteiger partial charge in [0.2, 0.25) is 0 Å². The van der Waals surface area contributed by atoms with Crippen molar-refractivity contribution in [2.24, 2.45) is 23.7 Å². The molecular formula is C25H40O3Si. The second-order valence-electron chi connectivity index (χ2n) is 11.0. The summed E-state index contributed by atoms with van der Waals surface area (Å²) >= 11 is 0. The minimum Gasteiger partial charge on any atom is -0.496 e. The van der Waals surface area contributed by atoms with Crippen LogP contribution in [0.15, 0.2) is 18.2 Å². The maximum atomic E-state index is 12.9. The highest BCUT2D eigenvalue weighted by Crippen LogP contribution is 2.47. The molecule has 3 nitrogen and oxygen atoms in total. The first-order valence-corrected chi connectivity index (χ1v) is 14.3. The first kappa shape index (κ1) is 22.5. The molecule has 0 heterocycles. The molecule has 1 saturated carbocycles. The average molecular weight is 417 g/mol. The molecule has 162 valence electrons. The van der Waals surface area contributed by atoms with Crippen LogP contribution in [0.4, 0.5) is 0 Å². The van der Waals surface area contributed by atoms with Gasteiger partial charge in [-0.25, -0.2) is 0 Å². The molecule has 29 heavy (non-hydrogen) atoms. The molecule has 0 aromatic heterocycles. The molecule has 0 aliphatic heterocycles. The summed E-state index contributed by atoms with van der Waals surface area (Å²) in [6, 6.07) is 6.37. The van der Waals surface area contributed by atoms with Crippen LogP contribution in [0, 0.1) is 23.7 Å². The Balaban J connectivity index is 1.58. The second-order valence-corrected chi connectivity index (χ2v) is 15.8.